The highest BCUT2D eigenvalue weighted by molar-refractivity contribution is 5.86. The number of hydrogen-bond acceptors (Lipinski definition) is 5. The van der Waals surface area contributed by atoms with E-state index in [1.807, 2.05) is 89.8 Å². The van der Waals surface area contributed by atoms with E-state index in [0.29, 0.717) is 19.4 Å². The van der Waals surface area contributed by atoms with Gasteiger partial charge in [-0.15, -0.1) is 0 Å². The number of nitrogens with one attached hydrogen (secondary N) is 2. The molecule has 2 amide bonds. The summed E-state index contributed by atoms with van der Waals surface area (Å²) in [7, 11) is 0. The van der Waals surface area contributed by atoms with Gasteiger partial charge in [-0.05, 0) is 95.7 Å². The lowest BCUT2D eigenvalue weighted by atomic mass is 9.92. The summed E-state index contributed by atoms with van der Waals surface area (Å²) in [6.07, 6.45) is 8.55. The van der Waals surface area contributed by atoms with Crippen LogP contribution in [0.1, 0.15) is 94.3 Å². The first-order valence-corrected chi connectivity index (χ1v) is 15.8. The Morgan fingerprint density at radius 2 is 1.73 bits per heavy atom. The van der Waals surface area contributed by atoms with Crippen LogP contribution in [0.2, 0.25) is 0 Å². The van der Waals surface area contributed by atoms with Crippen molar-refractivity contribution in [2.45, 2.75) is 104 Å². The second-order valence-electron chi connectivity index (χ2n) is 14.0. The zero-order chi connectivity index (χ0) is 32.4. The van der Waals surface area contributed by atoms with Gasteiger partial charge in [-0.1, -0.05) is 54.6 Å². The number of hydrogen-bond donors (Lipinski definition) is 2. The molecule has 0 fully saturated rings. The Bertz CT molecular complexity index is 1590. The minimum atomic E-state index is -0.858. The second-order valence-corrected chi connectivity index (χ2v) is 14.0. The van der Waals surface area contributed by atoms with E-state index in [4.69, 9.17) is 14.5 Å². The molecule has 5 rings (SSSR count). The Morgan fingerprint density at radius 1 is 1.02 bits per heavy atom. The van der Waals surface area contributed by atoms with Gasteiger partial charge < -0.3 is 24.7 Å². The maximum absolute atomic E-state index is 14.6. The lowest BCUT2D eigenvalue weighted by molar-refractivity contribution is -0.137. The first-order valence-electron chi connectivity index (χ1n) is 15.8. The molecule has 238 valence electrons. The predicted octanol–water partition coefficient (Wildman–Crippen LogP) is 7.39. The predicted molar refractivity (Wildman–Crippen MR) is 177 cm³/mol. The molecule has 8 nitrogen and oxygen atoms in total. The molecule has 0 saturated heterocycles. The SMILES string of the molecule is Cc1[nH]c([C@@H]2Cc3ccccc3CN2C(=O)[C@H](Cc2ccc(OC(C)(C)C)cc2)NC(=O)OC(C)(C)C)nc1C1=CC=CCC1. The third-order valence-corrected chi connectivity index (χ3v) is 7.84. The monoisotopic (exact) mass is 610 g/mol. The zero-order valence-corrected chi connectivity index (χ0v) is 27.6. The molecule has 45 heavy (non-hydrogen) atoms. The number of H-pyrrole nitrogens is 1. The number of carbonyl (C=O) groups is 2. The zero-order valence-electron chi connectivity index (χ0n) is 27.6. The molecule has 0 radical (unpaired) electrons. The normalized spacial score (nSPS) is 17.3. The maximum Gasteiger partial charge on any atom is 0.408 e. The number of alkyl carbamates (subject to hydrolysis) is 1. The van der Waals surface area contributed by atoms with Gasteiger partial charge >= 0.3 is 6.09 Å². The van der Waals surface area contributed by atoms with Crippen LogP contribution in [0.4, 0.5) is 4.79 Å². The van der Waals surface area contributed by atoms with Crippen molar-refractivity contribution in [2.75, 3.05) is 0 Å². The molecule has 1 aromatic heterocycles. The number of imidazole rings is 1. The molecule has 2 heterocycles. The highest BCUT2D eigenvalue weighted by atomic mass is 16.6. The first kappa shape index (κ1) is 32.1. The highest BCUT2D eigenvalue weighted by Gasteiger charge is 2.37. The van der Waals surface area contributed by atoms with Crippen molar-refractivity contribution >= 4 is 17.6 Å². The van der Waals surface area contributed by atoms with Crippen LogP contribution in [-0.4, -0.2) is 44.1 Å². The van der Waals surface area contributed by atoms with E-state index >= 15 is 0 Å². The van der Waals surface area contributed by atoms with E-state index < -0.39 is 17.7 Å². The van der Waals surface area contributed by atoms with Crippen LogP contribution >= 0.6 is 0 Å². The number of rotatable bonds is 7. The number of carbonyl (C=O) groups excluding carboxylic acids is 2. The number of benzene rings is 2. The molecule has 2 atom stereocenters. The number of aromatic nitrogens is 2. The third-order valence-electron chi connectivity index (χ3n) is 7.84. The van der Waals surface area contributed by atoms with Crippen molar-refractivity contribution < 1.29 is 19.1 Å². The van der Waals surface area contributed by atoms with E-state index in [1.165, 1.54) is 11.1 Å². The summed E-state index contributed by atoms with van der Waals surface area (Å²) in [5.74, 6) is 1.31. The maximum atomic E-state index is 14.6. The molecule has 0 saturated carbocycles. The molecule has 0 bridgehead atoms. The average molecular weight is 611 g/mol. The van der Waals surface area contributed by atoms with Gasteiger partial charge in [-0.3, -0.25) is 4.79 Å². The summed E-state index contributed by atoms with van der Waals surface area (Å²) in [5.41, 5.74) is 5.26. The van der Waals surface area contributed by atoms with Gasteiger partial charge in [0.05, 0.1) is 11.7 Å². The third kappa shape index (κ3) is 8.24. The van der Waals surface area contributed by atoms with Gasteiger partial charge in [0.2, 0.25) is 5.91 Å². The molecule has 0 spiro atoms. The Kier molecular flexibility index (Phi) is 9.23. The largest absolute Gasteiger partial charge is 0.488 e. The van der Waals surface area contributed by atoms with Gasteiger partial charge in [0.1, 0.15) is 28.8 Å². The van der Waals surface area contributed by atoms with Gasteiger partial charge in [-0.2, -0.15) is 0 Å². The van der Waals surface area contributed by atoms with Crippen molar-refractivity contribution in [3.05, 3.63) is 101 Å². The van der Waals surface area contributed by atoms with Crippen LogP contribution in [0.5, 0.6) is 5.75 Å². The molecule has 2 aliphatic rings. The van der Waals surface area contributed by atoms with Crippen molar-refractivity contribution in [2.24, 2.45) is 0 Å². The standard InChI is InChI=1S/C37H46N4O4/c1-24-32(26-13-9-8-10-14-26)40-33(38-24)31-22-27-15-11-12-16-28(27)23-41(31)34(42)30(39-35(43)45-37(5,6)7)21-25-17-19-29(20-18-25)44-36(2,3)4/h8-9,11-13,15-20,30-31H,10,14,21-23H2,1-7H3,(H,38,40)(H,39,43)/t30-,31-/m0/s1. The van der Waals surface area contributed by atoms with Crippen molar-refractivity contribution in [1.29, 1.82) is 0 Å². The molecule has 1 aliphatic carbocycles. The minimum Gasteiger partial charge on any atom is -0.488 e. The van der Waals surface area contributed by atoms with Gasteiger partial charge in [0.25, 0.3) is 0 Å². The number of allylic oxidation sites excluding steroid dienone is 4. The highest BCUT2D eigenvalue weighted by Crippen LogP contribution is 2.35. The van der Waals surface area contributed by atoms with Crippen molar-refractivity contribution in [3.8, 4) is 5.75 Å². The van der Waals surface area contributed by atoms with E-state index in [2.05, 4.69) is 40.7 Å². The fraction of sp³-hybridized carbons (Fsp3) is 0.432. The number of aromatic amines is 1. The Hall–Kier alpha value is -4.33. The summed E-state index contributed by atoms with van der Waals surface area (Å²) < 4.78 is 11.6. The summed E-state index contributed by atoms with van der Waals surface area (Å²) in [5, 5.41) is 2.91. The van der Waals surface area contributed by atoms with Gasteiger partial charge in [0.15, 0.2) is 0 Å². The summed E-state index contributed by atoms with van der Waals surface area (Å²) >= 11 is 0. The number of nitrogens with zero attached hydrogens (tertiary/aromatic N) is 2. The summed E-state index contributed by atoms with van der Waals surface area (Å²) in [6, 6.07) is 14.7. The van der Waals surface area contributed by atoms with Crippen LogP contribution in [0.25, 0.3) is 5.57 Å². The summed E-state index contributed by atoms with van der Waals surface area (Å²) in [6.45, 7) is 13.9. The van der Waals surface area contributed by atoms with E-state index in [-0.39, 0.29) is 17.6 Å². The average Bonchev–Trinajstić information content (AvgIpc) is 3.36. The van der Waals surface area contributed by atoms with Gasteiger partial charge in [-0.25, -0.2) is 9.78 Å². The smallest absolute Gasteiger partial charge is 0.408 e. The topological polar surface area (TPSA) is 96.6 Å². The van der Waals surface area contributed by atoms with Crippen molar-refractivity contribution in [3.63, 3.8) is 0 Å². The van der Waals surface area contributed by atoms with Crippen LogP contribution in [0.15, 0.2) is 66.8 Å². The van der Waals surface area contributed by atoms with Gasteiger partial charge in [0, 0.05) is 25.1 Å². The molecule has 2 aromatic carbocycles. The Labute approximate surface area is 266 Å². The first-order chi connectivity index (χ1) is 21.3. The quantitative estimate of drug-likeness (QED) is 0.291. The number of aryl methyl sites for hydroxylation is 1. The summed E-state index contributed by atoms with van der Waals surface area (Å²) in [4.78, 5) is 38.1. The van der Waals surface area contributed by atoms with Crippen LogP contribution in [-0.2, 0) is 28.9 Å². The Balaban J connectivity index is 1.48. The van der Waals surface area contributed by atoms with E-state index in [9.17, 15) is 9.59 Å². The second kappa shape index (κ2) is 13.0. The van der Waals surface area contributed by atoms with Crippen LogP contribution in [0, 0.1) is 6.92 Å². The molecule has 1 aliphatic heterocycles. The van der Waals surface area contributed by atoms with E-state index in [0.717, 1.165) is 46.9 Å². The fourth-order valence-electron chi connectivity index (χ4n) is 5.89. The molecular weight excluding hydrogens is 564 g/mol. The number of ether oxygens (including phenoxy) is 2. The number of fused-ring (bicyclic) bond motifs is 1. The lowest BCUT2D eigenvalue weighted by Gasteiger charge is -2.38. The molecular formula is C37H46N4O4. The minimum absolute atomic E-state index is 0.189. The lowest BCUT2D eigenvalue weighted by Crippen LogP contribution is -2.52. The number of amides is 2. The molecule has 0 unspecified atom stereocenters. The van der Waals surface area contributed by atoms with Crippen molar-refractivity contribution in [1.82, 2.24) is 20.2 Å². The molecule has 8 heteroatoms. The molecule has 3 aromatic rings. The van der Waals surface area contributed by atoms with Crippen LogP contribution in [0.3, 0.4) is 0 Å². The Morgan fingerprint density at radius 3 is 2.38 bits per heavy atom. The fourth-order valence-corrected chi connectivity index (χ4v) is 5.89. The molecule has 2 N–H and O–H groups in total. The van der Waals surface area contributed by atoms with Crippen LogP contribution < -0.4 is 10.1 Å². The van der Waals surface area contributed by atoms with E-state index in [1.54, 1.807) is 0 Å².